The lowest BCUT2D eigenvalue weighted by molar-refractivity contribution is -0.384. The fourth-order valence-electron chi connectivity index (χ4n) is 1.12. The number of ether oxygens (including phenoxy) is 1. The number of esters is 1. The van der Waals surface area contributed by atoms with Gasteiger partial charge in [-0.25, -0.2) is 4.39 Å². The summed E-state index contributed by atoms with van der Waals surface area (Å²) in [4.78, 5) is 31.8. The van der Waals surface area contributed by atoms with Crippen molar-refractivity contribution in [2.75, 3.05) is 12.4 Å². The van der Waals surface area contributed by atoms with E-state index in [1.807, 2.05) is 0 Å². The summed E-state index contributed by atoms with van der Waals surface area (Å²) in [7, 11) is 1.10. The summed E-state index contributed by atoms with van der Waals surface area (Å²) >= 11 is 0. The van der Waals surface area contributed by atoms with Gasteiger partial charge in [0, 0.05) is 12.1 Å². The van der Waals surface area contributed by atoms with Crippen molar-refractivity contribution in [2.24, 2.45) is 0 Å². The van der Waals surface area contributed by atoms with Crippen molar-refractivity contribution in [3.05, 3.63) is 34.1 Å². The Bertz CT molecular complexity index is 503. The van der Waals surface area contributed by atoms with Crippen LogP contribution in [0.4, 0.5) is 15.8 Å². The van der Waals surface area contributed by atoms with Gasteiger partial charge in [-0.1, -0.05) is 0 Å². The predicted molar refractivity (Wildman–Crippen MR) is 58.3 cm³/mol. The van der Waals surface area contributed by atoms with Gasteiger partial charge in [0.2, 0.25) is 5.91 Å². The molecule has 1 aromatic rings. The van der Waals surface area contributed by atoms with Crippen molar-refractivity contribution in [1.29, 1.82) is 0 Å². The zero-order valence-corrected chi connectivity index (χ0v) is 9.31. The minimum absolute atomic E-state index is 0.363. The zero-order chi connectivity index (χ0) is 13.7. The Morgan fingerprint density at radius 1 is 1.50 bits per heavy atom. The van der Waals surface area contributed by atoms with Crippen LogP contribution in [0.15, 0.2) is 18.2 Å². The lowest BCUT2D eigenvalue weighted by Crippen LogP contribution is -2.18. The molecule has 0 unspecified atom stereocenters. The van der Waals surface area contributed by atoms with E-state index in [1.54, 1.807) is 0 Å². The van der Waals surface area contributed by atoms with Crippen molar-refractivity contribution < 1.29 is 23.6 Å². The average Bonchev–Trinajstić information content (AvgIpc) is 2.31. The summed E-state index contributed by atoms with van der Waals surface area (Å²) in [5.41, 5.74) is -0.733. The Balaban J connectivity index is 2.83. The molecule has 0 heterocycles. The number of carbonyl (C=O) groups is 2. The molecule has 7 nitrogen and oxygen atoms in total. The highest BCUT2D eigenvalue weighted by Gasteiger charge is 2.15. The summed E-state index contributed by atoms with van der Waals surface area (Å²) < 4.78 is 17.5. The lowest BCUT2D eigenvalue weighted by atomic mass is 10.2. The number of nitrogens with one attached hydrogen (secondary N) is 1. The molecule has 1 amide bonds. The van der Waals surface area contributed by atoms with Crippen LogP contribution in [0, 0.1) is 15.9 Å². The van der Waals surface area contributed by atoms with Crippen LogP contribution in [-0.2, 0) is 14.3 Å². The first-order valence-electron chi connectivity index (χ1n) is 4.74. The maximum atomic E-state index is 13.3. The van der Waals surface area contributed by atoms with Crippen molar-refractivity contribution >= 4 is 23.3 Å². The Kier molecular flexibility index (Phi) is 4.30. The normalized spacial score (nSPS) is 9.67. The maximum Gasteiger partial charge on any atom is 0.315 e. The van der Waals surface area contributed by atoms with Crippen molar-refractivity contribution in [1.82, 2.24) is 0 Å². The summed E-state index contributed by atoms with van der Waals surface area (Å²) in [6, 6.07) is 2.68. The number of non-ortho nitro benzene ring substituents is 1. The summed E-state index contributed by atoms with van der Waals surface area (Å²) in [6.07, 6.45) is -0.599. The van der Waals surface area contributed by atoms with Crippen LogP contribution in [-0.4, -0.2) is 23.9 Å². The minimum Gasteiger partial charge on any atom is -0.469 e. The number of halogens is 1. The quantitative estimate of drug-likeness (QED) is 0.378. The van der Waals surface area contributed by atoms with E-state index in [1.165, 1.54) is 0 Å². The number of rotatable bonds is 4. The third kappa shape index (κ3) is 3.51. The molecule has 1 rings (SSSR count). The third-order valence-corrected chi connectivity index (χ3v) is 1.97. The number of methoxy groups -OCH3 is 1. The number of amides is 1. The highest BCUT2D eigenvalue weighted by Crippen LogP contribution is 2.21. The highest BCUT2D eigenvalue weighted by atomic mass is 19.1. The number of hydrogen-bond donors (Lipinski definition) is 1. The van der Waals surface area contributed by atoms with Gasteiger partial charge in [0.1, 0.15) is 12.2 Å². The Morgan fingerprint density at radius 2 is 2.17 bits per heavy atom. The molecular weight excluding hydrogens is 247 g/mol. The van der Waals surface area contributed by atoms with E-state index in [9.17, 15) is 24.1 Å². The monoisotopic (exact) mass is 256 g/mol. The van der Waals surface area contributed by atoms with Gasteiger partial charge in [-0.2, -0.15) is 0 Å². The fraction of sp³-hybridized carbons (Fsp3) is 0.200. The van der Waals surface area contributed by atoms with Crippen LogP contribution in [0.5, 0.6) is 0 Å². The first-order valence-corrected chi connectivity index (χ1v) is 4.74. The van der Waals surface area contributed by atoms with Crippen molar-refractivity contribution in [3.63, 3.8) is 0 Å². The maximum absolute atomic E-state index is 13.3. The second-order valence-corrected chi connectivity index (χ2v) is 3.22. The molecule has 0 spiro atoms. The molecule has 0 aliphatic heterocycles. The van der Waals surface area contributed by atoms with Crippen LogP contribution in [0.3, 0.4) is 0 Å². The Labute approximate surface area is 101 Å². The molecular formula is C10H9FN2O5. The van der Waals surface area contributed by atoms with E-state index < -0.39 is 29.0 Å². The molecule has 0 aliphatic carbocycles. The number of carbonyl (C=O) groups excluding carboxylic acids is 2. The van der Waals surface area contributed by atoms with E-state index in [-0.39, 0.29) is 11.4 Å². The van der Waals surface area contributed by atoms with E-state index >= 15 is 0 Å². The summed E-state index contributed by atoms with van der Waals surface area (Å²) in [5.74, 6) is -2.45. The molecule has 96 valence electrons. The second kappa shape index (κ2) is 5.71. The second-order valence-electron chi connectivity index (χ2n) is 3.22. The summed E-state index contributed by atoms with van der Waals surface area (Å²) in [5, 5.41) is 12.5. The van der Waals surface area contributed by atoms with E-state index in [0.29, 0.717) is 0 Å². The molecule has 0 saturated carbocycles. The van der Waals surface area contributed by atoms with Gasteiger partial charge in [-0.3, -0.25) is 19.7 Å². The first kappa shape index (κ1) is 13.6. The van der Waals surface area contributed by atoms with Crippen molar-refractivity contribution in [2.45, 2.75) is 6.42 Å². The van der Waals surface area contributed by atoms with Crippen LogP contribution >= 0.6 is 0 Å². The molecule has 1 aromatic carbocycles. The SMILES string of the molecule is COC(=O)CC(=O)Nc1cc([N+](=O)[O-])ccc1F. The van der Waals surface area contributed by atoms with Crippen LogP contribution in [0.2, 0.25) is 0 Å². The minimum atomic E-state index is -0.834. The molecule has 0 aromatic heterocycles. The van der Waals surface area contributed by atoms with Gasteiger partial charge in [-0.15, -0.1) is 0 Å². The number of nitro benzene ring substituents is 1. The molecule has 0 atom stereocenters. The van der Waals surface area contributed by atoms with Gasteiger partial charge in [-0.05, 0) is 6.07 Å². The first-order chi connectivity index (χ1) is 8.43. The summed E-state index contributed by atoms with van der Waals surface area (Å²) in [6.45, 7) is 0. The van der Waals surface area contributed by atoms with Gasteiger partial charge in [0.05, 0.1) is 17.7 Å². The lowest BCUT2D eigenvalue weighted by Gasteiger charge is -2.05. The topological polar surface area (TPSA) is 98.5 Å². The molecule has 0 radical (unpaired) electrons. The number of nitrogens with zero attached hydrogens (tertiary/aromatic N) is 1. The van der Waals surface area contributed by atoms with Crippen LogP contribution in [0.1, 0.15) is 6.42 Å². The standard InChI is InChI=1S/C10H9FN2O5/c1-18-10(15)5-9(14)12-8-4-6(13(16)17)2-3-7(8)11/h2-4H,5H2,1H3,(H,12,14). The van der Waals surface area contributed by atoms with Crippen LogP contribution in [0.25, 0.3) is 0 Å². The molecule has 0 bridgehead atoms. The largest absolute Gasteiger partial charge is 0.469 e. The van der Waals surface area contributed by atoms with Crippen molar-refractivity contribution in [3.8, 4) is 0 Å². The van der Waals surface area contributed by atoms with E-state index in [0.717, 1.165) is 25.3 Å². The zero-order valence-electron chi connectivity index (χ0n) is 9.31. The van der Waals surface area contributed by atoms with Gasteiger partial charge < -0.3 is 10.1 Å². The molecule has 8 heteroatoms. The molecule has 1 N–H and O–H groups in total. The highest BCUT2D eigenvalue weighted by molar-refractivity contribution is 6.02. The molecule has 0 aliphatic rings. The van der Waals surface area contributed by atoms with E-state index in [2.05, 4.69) is 10.1 Å². The third-order valence-electron chi connectivity index (χ3n) is 1.97. The Hall–Kier alpha value is -2.51. The molecule has 0 saturated heterocycles. The molecule has 0 fully saturated rings. The number of hydrogen-bond acceptors (Lipinski definition) is 5. The van der Waals surface area contributed by atoms with Gasteiger partial charge in [0.15, 0.2) is 0 Å². The van der Waals surface area contributed by atoms with Crippen LogP contribution < -0.4 is 5.32 Å². The van der Waals surface area contributed by atoms with Gasteiger partial charge >= 0.3 is 5.97 Å². The fourth-order valence-corrected chi connectivity index (χ4v) is 1.12. The number of nitro groups is 1. The molecule has 18 heavy (non-hydrogen) atoms. The number of benzene rings is 1. The predicted octanol–water partition coefficient (Wildman–Crippen LogP) is 1.24. The van der Waals surface area contributed by atoms with Gasteiger partial charge in [0.25, 0.3) is 5.69 Å². The average molecular weight is 256 g/mol. The smallest absolute Gasteiger partial charge is 0.315 e. The Morgan fingerprint density at radius 3 is 2.72 bits per heavy atom. The van der Waals surface area contributed by atoms with E-state index in [4.69, 9.17) is 0 Å². The number of anilines is 1.